The van der Waals surface area contributed by atoms with E-state index in [1.54, 1.807) is 12.1 Å². The summed E-state index contributed by atoms with van der Waals surface area (Å²) in [5.74, 6) is -1.18. The van der Waals surface area contributed by atoms with Crippen molar-refractivity contribution in [2.24, 2.45) is 0 Å². The van der Waals surface area contributed by atoms with Crippen LogP contribution in [0.25, 0.3) is 5.69 Å². The van der Waals surface area contributed by atoms with E-state index >= 15 is 0 Å². The number of rotatable bonds is 8. The third-order valence-corrected chi connectivity index (χ3v) is 6.30. The SMILES string of the molecule is O=C(COc1cc(C(F)(F)F)nn1-c1ccccc1Cl)Nc1ccc(S(=O)(=O)Nc2ncccn2)cc1. The first kappa shape index (κ1) is 25.9. The van der Waals surface area contributed by atoms with E-state index < -0.39 is 34.4 Å². The van der Waals surface area contributed by atoms with Crippen molar-refractivity contribution in [2.75, 3.05) is 16.6 Å². The zero-order valence-electron chi connectivity index (χ0n) is 18.5. The summed E-state index contributed by atoms with van der Waals surface area (Å²) in [7, 11) is -3.97. The van der Waals surface area contributed by atoms with Gasteiger partial charge in [-0.1, -0.05) is 23.7 Å². The fraction of sp³-hybridized carbons (Fsp3) is 0.0909. The van der Waals surface area contributed by atoms with Crippen LogP contribution >= 0.6 is 11.6 Å². The Labute approximate surface area is 213 Å². The maximum atomic E-state index is 13.2. The third-order valence-electron chi connectivity index (χ3n) is 4.64. The molecule has 0 saturated heterocycles. The lowest BCUT2D eigenvalue weighted by molar-refractivity contribution is -0.141. The molecule has 2 aromatic carbocycles. The summed E-state index contributed by atoms with van der Waals surface area (Å²) < 4.78 is 72.9. The van der Waals surface area contributed by atoms with Gasteiger partial charge in [-0.3, -0.25) is 4.79 Å². The fourth-order valence-electron chi connectivity index (χ4n) is 2.99. The number of hydrogen-bond acceptors (Lipinski definition) is 7. The summed E-state index contributed by atoms with van der Waals surface area (Å²) in [6, 6.07) is 13.4. The predicted octanol–water partition coefficient (Wildman–Crippen LogP) is 4.15. The molecule has 0 radical (unpaired) electrons. The summed E-state index contributed by atoms with van der Waals surface area (Å²) in [5.41, 5.74) is -0.880. The van der Waals surface area contributed by atoms with Crippen LogP contribution in [0.15, 0.2) is 78.0 Å². The number of carbonyl (C=O) groups is 1. The second kappa shape index (κ2) is 10.4. The fourth-order valence-corrected chi connectivity index (χ4v) is 4.16. The van der Waals surface area contributed by atoms with Crippen molar-refractivity contribution >= 4 is 39.2 Å². The van der Waals surface area contributed by atoms with Crippen molar-refractivity contribution in [2.45, 2.75) is 11.1 Å². The summed E-state index contributed by atoms with van der Waals surface area (Å²) >= 11 is 6.08. The van der Waals surface area contributed by atoms with Crippen LogP contribution in [0.4, 0.5) is 24.8 Å². The minimum Gasteiger partial charge on any atom is -0.467 e. The smallest absolute Gasteiger partial charge is 0.435 e. The van der Waals surface area contributed by atoms with E-state index in [0.29, 0.717) is 6.07 Å². The lowest BCUT2D eigenvalue weighted by Crippen LogP contribution is -2.21. The minimum absolute atomic E-state index is 0.110. The van der Waals surface area contributed by atoms with Gasteiger partial charge in [0.15, 0.2) is 12.3 Å². The Morgan fingerprint density at radius 3 is 2.35 bits per heavy atom. The van der Waals surface area contributed by atoms with Crippen molar-refractivity contribution in [3.8, 4) is 11.6 Å². The first-order valence-corrected chi connectivity index (χ1v) is 12.1. The first-order chi connectivity index (χ1) is 17.5. The second-order valence-electron chi connectivity index (χ2n) is 7.27. The third kappa shape index (κ3) is 6.34. The van der Waals surface area contributed by atoms with Gasteiger partial charge in [-0.15, -0.1) is 0 Å². The number of halogens is 4. The van der Waals surface area contributed by atoms with Crippen LogP contribution in [0.3, 0.4) is 0 Å². The Hall–Kier alpha value is -4.17. The van der Waals surface area contributed by atoms with Gasteiger partial charge < -0.3 is 10.1 Å². The highest BCUT2D eigenvalue weighted by molar-refractivity contribution is 7.92. The molecule has 0 saturated carbocycles. The Kier molecular flexibility index (Phi) is 7.31. The molecule has 1 amide bonds. The van der Waals surface area contributed by atoms with Crippen molar-refractivity contribution in [3.63, 3.8) is 0 Å². The van der Waals surface area contributed by atoms with Crippen molar-refractivity contribution in [3.05, 3.63) is 83.8 Å². The molecule has 10 nitrogen and oxygen atoms in total. The number of ether oxygens (including phenoxy) is 1. The van der Waals surface area contributed by atoms with Crippen LogP contribution in [0, 0.1) is 0 Å². The Balaban J connectivity index is 1.44. The van der Waals surface area contributed by atoms with Gasteiger partial charge in [-0.05, 0) is 42.5 Å². The number of anilines is 2. The highest BCUT2D eigenvalue weighted by Gasteiger charge is 2.36. The normalized spacial score (nSPS) is 11.7. The van der Waals surface area contributed by atoms with E-state index in [1.807, 2.05) is 0 Å². The standard InChI is InChI=1S/C22H16ClF3N6O4S/c23-16-4-1-2-5-17(16)32-20(12-18(30-32)22(24,25)26)36-13-19(33)29-14-6-8-15(9-7-14)37(34,35)31-21-27-10-3-11-28-21/h1-12H,13H2,(H,29,33)(H,27,28,31). The second-order valence-corrected chi connectivity index (χ2v) is 9.36. The highest BCUT2D eigenvalue weighted by atomic mass is 35.5. The zero-order chi connectivity index (χ0) is 26.6. The largest absolute Gasteiger partial charge is 0.467 e. The summed E-state index contributed by atoms with van der Waals surface area (Å²) in [4.78, 5) is 19.8. The number of amides is 1. The van der Waals surface area contributed by atoms with E-state index in [2.05, 4.69) is 25.1 Å². The molecule has 0 unspecified atom stereocenters. The van der Waals surface area contributed by atoms with Crippen molar-refractivity contribution in [1.29, 1.82) is 0 Å². The first-order valence-electron chi connectivity index (χ1n) is 10.3. The van der Waals surface area contributed by atoms with Crippen LogP contribution in [-0.2, 0) is 21.0 Å². The van der Waals surface area contributed by atoms with Gasteiger partial charge in [0.05, 0.1) is 15.6 Å². The molecule has 0 spiro atoms. The average molecular weight is 553 g/mol. The number of para-hydroxylation sites is 1. The van der Waals surface area contributed by atoms with E-state index in [4.69, 9.17) is 16.3 Å². The highest BCUT2D eigenvalue weighted by Crippen LogP contribution is 2.33. The molecule has 0 atom stereocenters. The number of benzene rings is 2. The van der Waals surface area contributed by atoms with E-state index in [1.165, 1.54) is 54.9 Å². The van der Waals surface area contributed by atoms with Gasteiger partial charge in [0.2, 0.25) is 11.8 Å². The molecular weight excluding hydrogens is 537 g/mol. The predicted molar refractivity (Wildman–Crippen MR) is 127 cm³/mol. The number of alkyl halides is 3. The lowest BCUT2D eigenvalue weighted by atomic mass is 10.3. The Morgan fingerprint density at radius 1 is 1.03 bits per heavy atom. The number of sulfonamides is 1. The Bertz CT molecular complexity index is 1510. The van der Waals surface area contributed by atoms with Crippen LogP contribution in [-0.4, -0.2) is 40.7 Å². The maximum absolute atomic E-state index is 13.2. The average Bonchev–Trinajstić information content (AvgIpc) is 3.28. The van der Waals surface area contributed by atoms with Gasteiger partial charge >= 0.3 is 6.18 Å². The summed E-state index contributed by atoms with van der Waals surface area (Å²) in [5, 5.41) is 6.10. The molecule has 192 valence electrons. The molecule has 0 aliphatic heterocycles. The van der Waals surface area contributed by atoms with Gasteiger partial charge in [-0.25, -0.2) is 23.1 Å². The summed E-state index contributed by atoms with van der Waals surface area (Å²) in [6.45, 7) is -0.666. The molecular formula is C22H16ClF3N6O4S. The Morgan fingerprint density at radius 2 is 1.70 bits per heavy atom. The van der Waals surface area contributed by atoms with E-state index in [9.17, 15) is 26.4 Å². The van der Waals surface area contributed by atoms with Crippen LogP contribution in [0.2, 0.25) is 5.02 Å². The quantitative estimate of drug-likeness (QED) is 0.336. The van der Waals surface area contributed by atoms with Crippen LogP contribution in [0.5, 0.6) is 5.88 Å². The van der Waals surface area contributed by atoms with Crippen molar-refractivity contribution < 1.29 is 31.1 Å². The van der Waals surface area contributed by atoms with Crippen molar-refractivity contribution in [1.82, 2.24) is 19.7 Å². The van der Waals surface area contributed by atoms with E-state index in [0.717, 1.165) is 4.68 Å². The summed E-state index contributed by atoms with van der Waals surface area (Å²) in [6.07, 6.45) is -2.01. The number of nitrogens with one attached hydrogen (secondary N) is 2. The molecule has 0 bridgehead atoms. The van der Waals surface area contributed by atoms with Gasteiger partial charge in [-0.2, -0.15) is 23.0 Å². The van der Waals surface area contributed by atoms with Gasteiger partial charge in [0.1, 0.15) is 0 Å². The molecule has 15 heteroatoms. The number of hydrogen-bond donors (Lipinski definition) is 2. The van der Waals surface area contributed by atoms with E-state index in [-0.39, 0.29) is 33.1 Å². The number of nitrogens with zero attached hydrogens (tertiary/aromatic N) is 4. The minimum atomic E-state index is -4.75. The van der Waals surface area contributed by atoms with Crippen LogP contribution < -0.4 is 14.8 Å². The lowest BCUT2D eigenvalue weighted by Gasteiger charge is -2.11. The molecule has 4 aromatic rings. The number of aromatic nitrogens is 4. The maximum Gasteiger partial charge on any atom is 0.435 e. The molecule has 37 heavy (non-hydrogen) atoms. The molecule has 0 aliphatic carbocycles. The molecule has 0 fully saturated rings. The topological polar surface area (TPSA) is 128 Å². The van der Waals surface area contributed by atoms with Gasteiger partial charge in [0, 0.05) is 24.1 Å². The molecule has 2 aromatic heterocycles. The monoisotopic (exact) mass is 552 g/mol. The molecule has 4 rings (SSSR count). The van der Waals surface area contributed by atoms with Gasteiger partial charge in [0.25, 0.3) is 15.9 Å². The zero-order valence-corrected chi connectivity index (χ0v) is 20.0. The number of carbonyl (C=O) groups excluding carboxylic acids is 1. The molecule has 2 N–H and O–H groups in total. The molecule has 0 aliphatic rings. The molecule has 2 heterocycles. The van der Waals surface area contributed by atoms with Crippen LogP contribution in [0.1, 0.15) is 5.69 Å².